The Morgan fingerprint density at radius 2 is 1.72 bits per heavy atom. The Balaban J connectivity index is 1.89. The van der Waals surface area contributed by atoms with E-state index in [1.807, 2.05) is 0 Å². The van der Waals surface area contributed by atoms with Gasteiger partial charge in [0.05, 0.1) is 0 Å². The van der Waals surface area contributed by atoms with Gasteiger partial charge in [-0.25, -0.2) is 0 Å². The zero-order valence-electron chi connectivity index (χ0n) is 11.1. The van der Waals surface area contributed by atoms with Crippen LogP contribution in [-0.4, -0.2) is 19.6 Å². The molecule has 0 radical (unpaired) electrons. The lowest BCUT2D eigenvalue weighted by atomic mass is 10.0. The summed E-state index contributed by atoms with van der Waals surface area (Å²) in [5, 5.41) is 0. The average molecular weight is 247 g/mol. The first-order valence-electron chi connectivity index (χ1n) is 7.12. The highest BCUT2D eigenvalue weighted by Crippen LogP contribution is 2.23. The molecule has 100 valence electrons. The van der Waals surface area contributed by atoms with Crippen LogP contribution in [0, 0.1) is 0 Å². The van der Waals surface area contributed by atoms with Crippen molar-refractivity contribution in [3.05, 3.63) is 29.8 Å². The van der Waals surface area contributed by atoms with Crippen LogP contribution in [0.25, 0.3) is 0 Å². The Hall–Kier alpha value is -1.06. The third-order valence-corrected chi connectivity index (χ3v) is 3.76. The predicted octanol–water partition coefficient (Wildman–Crippen LogP) is 2.42. The molecule has 0 aromatic heterocycles. The van der Waals surface area contributed by atoms with Gasteiger partial charge in [0.25, 0.3) is 0 Å². The summed E-state index contributed by atoms with van der Waals surface area (Å²) in [6.45, 7) is 3.16. The first kappa shape index (κ1) is 13.4. The number of nitrogens with two attached hydrogens (primary N) is 2. The van der Waals surface area contributed by atoms with Crippen molar-refractivity contribution < 1.29 is 0 Å². The van der Waals surface area contributed by atoms with Crippen molar-refractivity contribution in [2.45, 2.75) is 38.1 Å². The van der Waals surface area contributed by atoms with Gasteiger partial charge in [-0.05, 0) is 49.9 Å². The van der Waals surface area contributed by atoms with Crippen LogP contribution in [0.5, 0.6) is 0 Å². The van der Waals surface area contributed by atoms with Gasteiger partial charge < -0.3 is 16.4 Å². The Kier molecular flexibility index (Phi) is 5.02. The van der Waals surface area contributed by atoms with Crippen LogP contribution in [0.3, 0.4) is 0 Å². The van der Waals surface area contributed by atoms with Gasteiger partial charge >= 0.3 is 0 Å². The largest absolute Gasteiger partial charge is 0.372 e. The molecule has 4 N–H and O–H groups in total. The maximum atomic E-state index is 6.18. The molecule has 0 saturated carbocycles. The monoisotopic (exact) mass is 247 g/mol. The van der Waals surface area contributed by atoms with Crippen molar-refractivity contribution in [1.82, 2.24) is 0 Å². The van der Waals surface area contributed by atoms with Crippen LogP contribution >= 0.6 is 0 Å². The molecule has 0 unspecified atom stereocenters. The molecule has 1 aromatic rings. The van der Waals surface area contributed by atoms with Crippen molar-refractivity contribution in [2.75, 3.05) is 24.5 Å². The second-order valence-electron chi connectivity index (χ2n) is 5.18. The molecule has 1 saturated heterocycles. The van der Waals surface area contributed by atoms with Gasteiger partial charge in [-0.2, -0.15) is 0 Å². The molecule has 0 spiro atoms. The SMILES string of the molecule is NCCCC[C@@H](N)c1ccc(N2CCCC2)cc1. The number of nitrogens with zero attached hydrogens (tertiary/aromatic N) is 1. The number of benzene rings is 1. The van der Waals surface area contributed by atoms with E-state index in [9.17, 15) is 0 Å². The van der Waals surface area contributed by atoms with Gasteiger partial charge in [0.15, 0.2) is 0 Å². The molecule has 1 fully saturated rings. The number of hydrogen-bond acceptors (Lipinski definition) is 3. The maximum Gasteiger partial charge on any atom is 0.0366 e. The van der Waals surface area contributed by atoms with E-state index in [1.54, 1.807) is 0 Å². The molecule has 0 aliphatic carbocycles. The highest BCUT2D eigenvalue weighted by atomic mass is 15.1. The fourth-order valence-corrected chi connectivity index (χ4v) is 2.58. The molecule has 0 bridgehead atoms. The quantitative estimate of drug-likeness (QED) is 0.759. The normalized spacial score (nSPS) is 17.1. The predicted molar refractivity (Wildman–Crippen MR) is 77.7 cm³/mol. The minimum Gasteiger partial charge on any atom is -0.372 e. The Bertz CT molecular complexity index is 341. The fourth-order valence-electron chi connectivity index (χ4n) is 2.58. The third kappa shape index (κ3) is 3.47. The number of rotatable bonds is 6. The Labute approximate surface area is 110 Å². The van der Waals surface area contributed by atoms with Gasteiger partial charge in [0.2, 0.25) is 0 Å². The van der Waals surface area contributed by atoms with Crippen LogP contribution in [0.15, 0.2) is 24.3 Å². The van der Waals surface area contributed by atoms with Gasteiger partial charge in [0, 0.05) is 24.8 Å². The van der Waals surface area contributed by atoms with E-state index < -0.39 is 0 Å². The van der Waals surface area contributed by atoms with E-state index in [4.69, 9.17) is 11.5 Å². The summed E-state index contributed by atoms with van der Waals surface area (Å²) in [5.41, 5.74) is 14.3. The molecule has 2 rings (SSSR count). The van der Waals surface area contributed by atoms with E-state index in [0.29, 0.717) is 0 Å². The minimum atomic E-state index is 0.157. The third-order valence-electron chi connectivity index (χ3n) is 3.76. The van der Waals surface area contributed by atoms with E-state index in [1.165, 1.54) is 37.2 Å². The van der Waals surface area contributed by atoms with Crippen LogP contribution in [0.2, 0.25) is 0 Å². The fraction of sp³-hybridized carbons (Fsp3) is 0.600. The lowest BCUT2D eigenvalue weighted by Gasteiger charge is -2.19. The zero-order chi connectivity index (χ0) is 12.8. The number of hydrogen-bond donors (Lipinski definition) is 2. The maximum absolute atomic E-state index is 6.18. The first-order valence-corrected chi connectivity index (χ1v) is 7.12. The summed E-state index contributed by atoms with van der Waals surface area (Å²) in [7, 11) is 0. The highest BCUT2D eigenvalue weighted by Gasteiger charge is 2.12. The second kappa shape index (κ2) is 6.76. The molecular weight excluding hydrogens is 222 g/mol. The molecule has 1 aliphatic heterocycles. The van der Waals surface area contributed by atoms with Crippen molar-refractivity contribution in [1.29, 1.82) is 0 Å². The molecule has 18 heavy (non-hydrogen) atoms. The van der Waals surface area contributed by atoms with Gasteiger partial charge in [-0.3, -0.25) is 0 Å². The Morgan fingerprint density at radius 1 is 1.06 bits per heavy atom. The summed E-state index contributed by atoms with van der Waals surface area (Å²) in [6.07, 6.45) is 5.85. The highest BCUT2D eigenvalue weighted by molar-refractivity contribution is 5.48. The number of anilines is 1. The van der Waals surface area contributed by atoms with E-state index in [2.05, 4.69) is 29.2 Å². The molecule has 0 amide bonds. The van der Waals surface area contributed by atoms with Crippen LogP contribution in [0.4, 0.5) is 5.69 Å². The van der Waals surface area contributed by atoms with E-state index in [-0.39, 0.29) is 6.04 Å². The molecule has 1 aromatic carbocycles. The summed E-state index contributed by atoms with van der Waals surface area (Å²) >= 11 is 0. The summed E-state index contributed by atoms with van der Waals surface area (Å²) in [4.78, 5) is 2.45. The van der Waals surface area contributed by atoms with Crippen LogP contribution < -0.4 is 16.4 Å². The lowest BCUT2D eigenvalue weighted by Crippen LogP contribution is -2.17. The van der Waals surface area contributed by atoms with E-state index in [0.717, 1.165) is 25.8 Å². The van der Waals surface area contributed by atoms with E-state index >= 15 is 0 Å². The van der Waals surface area contributed by atoms with Crippen molar-refractivity contribution >= 4 is 5.69 Å². The first-order chi connectivity index (χ1) is 8.81. The topological polar surface area (TPSA) is 55.3 Å². The summed E-state index contributed by atoms with van der Waals surface area (Å²) in [6, 6.07) is 8.94. The second-order valence-corrected chi connectivity index (χ2v) is 5.18. The van der Waals surface area contributed by atoms with Crippen molar-refractivity contribution in [3.8, 4) is 0 Å². The molecular formula is C15H25N3. The molecule has 1 aliphatic rings. The van der Waals surface area contributed by atoms with Crippen molar-refractivity contribution in [2.24, 2.45) is 11.5 Å². The van der Waals surface area contributed by atoms with Gasteiger partial charge in [-0.15, -0.1) is 0 Å². The number of unbranched alkanes of at least 4 members (excludes halogenated alkanes) is 1. The molecule has 1 heterocycles. The van der Waals surface area contributed by atoms with Gasteiger partial charge in [0.1, 0.15) is 0 Å². The average Bonchev–Trinajstić information content (AvgIpc) is 2.93. The molecule has 3 nitrogen and oxygen atoms in total. The van der Waals surface area contributed by atoms with Crippen LogP contribution in [0.1, 0.15) is 43.7 Å². The van der Waals surface area contributed by atoms with Crippen LogP contribution in [-0.2, 0) is 0 Å². The van der Waals surface area contributed by atoms with Crippen molar-refractivity contribution in [3.63, 3.8) is 0 Å². The Morgan fingerprint density at radius 3 is 2.33 bits per heavy atom. The molecule has 1 atom stereocenters. The van der Waals surface area contributed by atoms with Gasteiger partial charge in [-0.1, -0.05) is 18.6 Å². The summed E-state index contributed by atoms with van der Waals surface area (Å²) in [5.74, 6) is 0. The zero-order valence-corrected chi connectivity index (χ0v) is 11.1. The standard InChI is InChI=1S/C15H25N3/c16-10-2-1-5-15(17)13-6-8-14(9-7-13)18-11-3-4-12-18/h6-9,15H,1-5,10-12,16-17H2/t15-/m1/s1. The molecule has 3 heteroatoms. The minimum absolute atomic E-state index is 0.157. The summed E-state index contributed by atoms with van der Waals surface area (Å²) < 4.78 is 0. The smallest absolute Gasteiger partial charge is 0.0366 e. The lowest BCUT2D eigenvalue weighted by molar-refractivity contribution is 0.591.